The van der Waals surface area contributed by atoms with E-state index in [1.807, 2.05) is 0 Å². The predicted molar refractivity (Wildman–Crippen MR) is 61.3 cm³/mol. The van der Waals surface area contributed by atoms with Crippen LogP contribution in [0.1, 0.15) is 32.6 Å². The second-order valence-electron chi connectivity index (χ2n) is 4.92. The molecule has 1 aromatic rings. The molecule has 0 aliphatic heterocycles. The van der Waals surface area contributed by atoms with Gasteiger partial charge in [0.1, 0.15) is 5.69 Å². The Labute approximate surface area is 107 Å². The maximum absolute atomic E-state index is 13.5. The second-order valence-corrected chi connectivity index (χ2v) is 4.92. The van der Waals surface area contributed by atoms with Gasteiger partial charge >= 0.3 is 0 Å². The molecule has 1 atom stereocenters. The summed E-state index contributed by atoms with van der Waals surface area (Å²) in [6.45, 7) is 1.69. The quantitative estimate of drug-likeness (QED) is 0.492. The van der Waals surface area contributed by atoms with E-state index in [-0.39, 0.29) is 12.0 Å². The van der Waals surface area contributed by atoms with Gasteiger partial charge in [0.2, 0.25) is 5.82 Å². The topological polar surface area (TPSA) is 12.0 Å². The van der Waals surface area contributed by atoms with Crippen LogP contribution >= 0.6 is 0 Å². The molecule has 2 rings (SSSR count). The minimum Gasteiger partial charge on any atom is -0.377 e. The number of hydrogen-bond donors (Lipinski definition) is 1. The molecule has 1 saturated carbocycles. The van der Waals surface area contributed by atoms with Crippen molar-refractivity contribution in [1.82, 2.24) is 0 Å². The van der Waals surface area contributed by atoms with Crippen LogP contribution in [-0.4, -0.2) is 6.04 Å². The van der Waals surface area contributed by atoms with Gasteiger partial charge in [-0.15, -0.1) is 0 Å². The number of anilines is 1. The molecule has 1 unspecified atom stereocenters. The molecule has 0 amide bonds. The summed E-state index contributed by atoms with van der Waals surface area (Å²) in [5.41, 5.74) is -0.934. The zero-order valence-electron chi connectivity index (χ0n) is 10.4. The summed E-state index contributed by atoms with van der Waals surface area (Å²) in [5.74, 6) is -9.38. The zero-order chi connectivity index (χ0) is 14.2. The van der Waals surface area contributed by atoms with E-state index in [2.05, 4.69) is 5.32 Å². The normalized spacial score (nSPS) is 17.8. The Morgan fingerprint density at radius 2 is 1.26 bits per heavy atom. The first-order chi connectivity index (χ1) is 8.93. The minimum absolute atomic E-state index is 0.190. The second kappa shape index (κ2) is 5.35. The van der Waals surface area contributed by atoms with Crippen molar-refractivity contribution in [1.29, 1.82) is 0 Å². The van der Waals surface area contributed by atoms with E-state index in [1.54, 1.807) is 6.92 Å². The van der Waals surface area contributed by atoms with Crippen LogP contribution < -0.4 is 5.32 Å². The van der Waals surface area contributed by atoms with Crippen molar-refractivity contribution in [3.8, 4) is 0 Å². The summed E-state index contributed by atoms with van der Waals surface area (Å²) < 4.78 is 65.9. The predicted octanol–water partition coefficient (Wildman–Crippen LogP) is 4.37. The molecule has 1 nitrogen and oxygen atoms in total. The van der Waals surface area contributed by atoms with Gasteiger partial charge in [0.05, 0.1) is 0 Å². The molecule has 19 heavy (non-hydrogen) atoms. The van der Waals surface area contributed by atoms with Crippen LogP contribution in [0.25, 0.3) is 0 Å². The third-order valence-electron chi connectivity index (χ3n) is 3.69. The van der Waals surface area contributed by atoms with Crippen LogP contribution in [0.4, 0.5) is 27.6 Å². The van der Waals surface area contributed by atoms with Crippen LogP contribution in [0.3, 0.4) is 0 Å². The SMILES string of the molecule is CC(Nc1c(F)c(F)c(F)c(F)c1F)C1CCCC1. The molecule has 0 aromatic heterocycles. The minimum atomic E-state index is -2.13. The largest absolute Gasteiger partial charge is 0.377 e. The maximum atomic E-state index is 13.5. The molecule has 1 fully saturated rings. The Balaban J connectivity index is 2.29. The highest BCUT2D eigenvalue weighted by atomic mass is 19.2. The van der Waals surface area contributed by atoms with Crippen LogP contribution in [0.5, 0.6) is 0 Å². The molecule has 0 saturated heterocycles. The van der Waals surface area contributed by atoms with Crippen molar-refractivity contribution in [3.63, 3.8) is 0 Å². The first-order valence-corrected chi connectivity index (χ1v) is 6.21. The van der Waals surface area contributed by atoms with Crippen molar-refractivity contribution >= 4 is 5.69 Å². The summed E-state index contributed by atoms with van der Waals surface area (Å²) in [6.07, 6.45) is 3.83. The highest BCUT2D eigenvalue weighted by Crippen LogP contribution is 2.32. The van der Waals surface area contributed by atoms with E-state index >= 15 is 0 Å². The van der Waals surface area contributed by atoms with E-state index in [1.165, 1.54) is 0 Å². The number of halogens is 5. The summed E-state index contributed by atoms with van der Waals surface area (Å²) in [6, 6.07) is -0.337. The zero-order valence-corrected chi connectivity index (χ0v) is 10.4. The van der Waals surface area contributed by atoms with Crippen LogP contribution in [0.2, 0.25) is 0 Å². The molecular weight excluding hydrogens is 265 g/mol. The fourth-order valence-corrected chi connectivity index (χ4v) is 2.53. The van der Waals surface area contributed by atoms with Gasteiger partial charge in [-0.1, -0.05) is 12.8 Å². The van der Waals surface area contributed by atoms with E-state index in [0.29, 0.717) is 0 Å². The van der Waals surface area contributed by atoms with Gasteiger partial charge in [0.15, 0.2) is 23.3 Å². The lowest BCUT2D eigenvalue weighted by atomic mass is 9.99. The Bertz CT molecular complexity index is 453. The van der Waals surface area contributed by atoms with Gasteiger partial charge in [-0.2, -0.15) is 0 Å². The molecule has 0 heterocycles. The van der Waals surface area contributed by atoms with E-state index in [0.717, 1.165) is 25.7 Å². The third kappa shape index (κ3) is 2.53. The molecule has 1 N–H and O–H groups in total. The van der Waals surface area contributed by atoms with Crippen LogP contribution in [-0.2, 0) is 0 Å². The van der Waals surface area contributed by atoms with Crippen LogP contribution in [0, 0.1) is 35.0 Å². The fraction of sp³-hybridized carbons (Fsp3) is 0.538. The molecular formula is C13H14F5N. The smallest absolute Gasteiger partial charge is 0.200 e. The average Bonchev–Trinajstić information content (AvgIpc) is 2.93. The van der Waals surface area contributed by atoms with Gasteiger partial charge in [-0.25, -0.2) is 22.0 Å². The van der Waals surface area contributed by atoms with E-state index in [9.17, 15) is 22.0 Å². The van der Waals surface area contributed by atoms with Gasteiger partial charge in [0.25, 0.3) is 0 Å². The lowest BCUT2D eigenvalue weighted by Crippen LogP contribution is -2.25. The standard InChI is InChI=1S/C13H14F5N/c1-6(7-4-2-3-5-7)19-13-11(17)9(15)8(14)10(16)12(13)18/h6-7,19H,2-5H2,1H3. The summed E-state index contributed by atoms with van der Waals surface area (Å²) in [4.78, 5) is 0. The number of hydrogen-bond acceptors (Lipinski definition) is 1. The highest BCUT2D eigenvalue weighted by Gasteiger charge is 2.28. The highest BCUT2D eigenvalue weighted by molar-refractivity contribution is 5.48. The fourth-order valence-electron chi connectivity index (χ4n) is 2.53. The molecule has 0 spiro atoms. The summed E-state index contributed by atoms with van der Waals surface area (Å²) in [5, 5.41) is 2.43. The Kier molecular flexibility index (Phi) is 3.96. The lowest BCUT2D eigenvalue weighted by Gasteiger charge is -2.22. The molecule has 1 aliphatic rings. The van der Waals surface area contributed by atoms with Gasteiger partial charge in [-0.05, 0) is 25.7 Å². The van der Waals surface area contributed by atoms with Gasteiger partial charge in [0, 0.05) is 6.04 Å². The Morgan fingerprint density at radius 3 is 1.74 bits per heavy atom. The Hall–Kier alpha value is -1.33. The number of benzene rings is 1. The number of rotatable bonds is 3. The first kappa shape index (κ1) is 14.1. The maximum Gasteiger partial charge on any atom is 0.200 e. The van der Waals surface area contributed by atoms with Crippen molar-refractivity contribution in [2.45, 2.75) is 38.6 Å². The van der Waals surface area contributed by atoms with Gasteiger partial charge in [-0.3, -0.25) is 0 Å². The Morgan fingerprint density at radius 1 is 0.842 bits per heavy atom. The van der Waals surface area contributed by atoms with Crippen LogP contribution in [0.15, 0.2) is 0 Å². The first-order valence-electron chi connectivity index (χ1n) is 6.21. The summed E-state index contributed by atoms with van der Waals surface area (Å²) >= 11 is 0. The monoisotopic (exact) mass is 279 g/mol. The molecule has 106 valence electrons. The average molecular weight is 279 g/mol. The van der Waals surface area contributed by atoms with E-state index < -0.39 is 34.8 Å². The van der Waals surface area contributed by atoms with E-state index in [4.69, 9.17) is 0 Å². The molecule has 1 aliphatic carbocycles. The number of nitrogens with one attached hydrogen (secondary N) is 1. The lowest BCUT2D eigenvalue weighted by molar-refractivity contribution is 0.378. The molecule has 1 aromatic carbocycles. The van der Waals surface area contributed by atoms with Crippen molar-refractivity contribution in [3.05, 3.63) is 29.1 Å². The van der Waals surface area contributed by atoms with Gasteiger partial charge < -0.3 is 5.32 Å². The molecule has 0 bridgehead atoms. The summed E-state index contributed by atoms with van der Waals surface area (Å²) in [7, 11) is 0. The molecule has 6 heteroatoms. The molecule has 0 radical (unpaired) electrons. The van der Waals surface area contributed by atoms with Crippen molar-refractivity contribution in [2.75, 3.05) is 5.32 Å². The van der Waals surface area contributed by atoms with Crippen molar-refractivity contribution in [2.24, 2.45) is 5.92 Å². The van der Waals surface area contributed by atoms with Crippen molar-refractivity contribution < 1.29 is 22.0 Å². The third-order valence-corrected chi connectivity index (χ3v) is 3.69.